The maximum Gasteiger partial charge on any atom is 0.410 e. The Balaban J connectivity index is 1.53. The first-order chi connectivity index (χ1) is 16.9. The first kappa shape index (κ1) is 26.0. The molecule has 194 valence electrons. The summed E-state index contributed by atoms with van der Waals surface area (Å²) in [6.45, 7) is 6.69. The number of alkyl halides is 2. The fourth-order valence-corrected chi connectivity index (χ4v) is 5.41. The monoisotopic (exact) mass is 502 g/mol. The van der Waals surface area contributed by atoms with E-state index in [0.717, 1.165) is 5.56 Å². The van der Waals surface area contributed by atoms with E-state index in [1.54, 1.807) is 23.1 Å². The molecule has 2 aliphatic rings. The summed E-state index contributed by atoms with van der Waals surface area (Å²) in [6, 6.07) is 13.4. The molecule has 0 bridgehead atoms. The van der Waals surface area contributed by atoms with Crippen LogP contribution in [0.2, 0.25) is 0 Å². The number of benzene rings is 2. The minimum atomic E-state index is -3.60. The predicted octanol–water partition coefficient (Wildman–Crippen LogP) is 5.95. The van der Waals surface area contributed by atoms with Crippen molar-refractivity contribution in [1.29, 1.82) is 0 Å². The van der Waals surface area contributed by atoms with E-state index in [0.29, 0.717) is 32.4 Å². The third-order valence-electron chi connectivity index (χ3n) is 7.40. The van der Waals surface area contributed by atoms with E-state index in [1.807, 2.05) is 20.8 Å². The van der Waals surface area contributed by atoms with E-state index in [1.165, 1.54) is 41.3 Å². The number of amides is 2. The molecule has 2 heterocycles. The highest BCUT2D eigenvalue weighted by Gasteiger charge is 2.50. The predicted molar refractivity (Wildman–Crippen MR) is 130 cm³/mol. The molecule has 2 aromatic rings. The molecule has 1 spiro atoms. The molecule has 2 amide bonds. The largest absolute Gasteiger partial charge is 0.444 e. The number of halogens is 3. The van der Waals surface area contributed by atoms with Gasteiger partial charge in [0.05, 0.1) is 0 Å². The van der Waals surface area contributed by atoms with Crippen LogP contribution in [0.15, 0.2) is 54.6 Å². The fraction of sp³-hybridized carbons (Fsp3) is 0.500. The molecular formula is C28H33F3N2O3. The summed E-state index contributed by atoms with van der Waals surface area (Å²) in [7, 11) is 0. The van der Waals surface area contributed by atoms with Crippen molar-refractivity contribution >= 4 is 12.0 Å². The highest BCUT2D eigenvalue weighted by atomic mass is 19.3. The first-order valence-electron chi connectivity index (χ1n) is 12.4. The standard InChI is InChI=1S/C28H33F3N2O3/c1-26(2,3)36-25(35)33-18-15-27(23(19-33)20-9-11-22(29)12-10-20)13-16-32(17-14-27)24(34)28(30,31)21-7-5-4-6-8-21/h4-12,23H,13-19H2,1-3H3/t23-/m0/s1. The molecule has 8 heteroatoms. The molecule has 1 atom stereocenters. The third kappa shape index (κ3) is 5.37. The molecule has 0 aromatic heterocycles. The lowest BCUT2D eigenvalue weighted by Crippen LogP contribution is -2.55. The van der Waals surface area contributed by atoms with Crippen LogP contribution in [0.1, 0.15) is 57.1 Å². The molecule has 0 radical (unpaired) electrons. The smallest absolute Gasteiger partial charge is 0.410 e. The summed E-state index contributed by atoms with van der Waals surface area (Å²) < 4.78 is 49.1. The van der Waals surface area contributed by atoms with Gasteiger partial charge in [0.2, 0.25) is 0 Å². The van der Waals surface area contributed by atoms with Crippen LogP contribution in [0.25, 0.3) is 0 Å². The number of nitrogens with zero attached hydrogens (tertiary/aromatic N) is 2. The van der Waals surface area contributed by atoms with Crippen molar-refractivity contribution in [3.05, 3.63) is 71.5 Å². The van der Waals surface area contributed by atoms with Crippen LogP contribution in [-0.4, -0.2) is 53.6 Å². The van der Waals surface area contributed by atoms with E-state index in [2.05, 4.69) is 0 Å². The SMILES string of the molecule is CC(C)(C)OC(=O)N1CCC2(CCN(C(=O)C(F)(F)c3ccccc3)CC2)[C@H](c2ccc(F)cc2)C1. The second-order valence-corrected chi connectivity index (χ2v) is 10.9. The molecule has 0 saturated carbocycles. The lowest BCUT2D eigenvalue weighted by atomic mass is 9.62. The zero-order valence-electron chi connectivity index (χ0n) is 21.0. The summed E-state index contributed by atoms with van der Waals surface area (Å²) in [5.41, 5.74) is -0.355. The summed E-state index contributed by atoms with van der Waals surface area (Å²) in [4.78, 5) is 28.6. The first-order valence-corrected chi connectivity index (χ1v) is 12.4. The van der Waals surface area contributed by atoms with Crippen molar-refractivity contribution in [2.75, 3.05) is 26.2 Å². The Morgan fingerprint density at radius 2 is 1.44 bits per heavy atom. The van der Waals surface area contributed by atoms with Crippen molar-refractivity contribution in [1.82, 2.24) is 9.80 Å². The summed E-state index contributed by atoms with van der Waals surface area (Å²) in [6.07, 6.45) is 1.28. The Bertz CT molecular complexity index is 1080. The molecular weight excluding hydrogens is 469 g/mol. The molecule has 4 rings (SSSR count). The maximum atomic E-state index is 14.9. The molecule has 5 nitrogen and oxygen atoms in total. The van der Waals surface area contributed by atoms with Crippen LogP contribution in [0.5, 0.6) is 0 Å². The van der Waals surface area contributed by atoms with Gasteiger partial charge in [0.25, 0.3) is 5.91 Å². The number of hydrogen-bond acceptors (Lipinski definition) is 3. The van der Waals surface area contributed by atoms with Gasteiger partial charge in [0, 0.05) is 37.7 Å². The van der Waals surface area contributed by atoms with Gasteiger partial charge in [-0.05, 0) is 63.1 Å². The van der Waals surface area contributed by atoms with Gasteiger partial charge in [-0.1, -0.05) is 42.5 Å². The van der Waals surface area contributed by atoms with Gasteiger partial charge in [0.15, 0.2) is 0 Å². The van der Waals surface area contributed by atoms with E-state index in [-0.39, 0.29) is 35.8 Å². The maximum absolute atomic E-state index is 14.9. The molecule has 2 aromatic carbocycles. The topological polar surface area (TPSA) is 49.9 Å². The van der Waals surface area contributed by atoms with E-state index < -0.39 is 23.5 Å². The van der Waals surface area contributed by atoms with Crippen LogP contribution in [-0.2, 0) is 15.5 Å². The van der Waals surface area contributed by atoms with Crippen molar-refractivity contribution in [2.24, 2.45) is 5.41 Å². The zero-order chi connectivity index (χ0) is 26.1. The van der Waals surface area contributed by atoms with Crippen molar-refractivity contribution in [2.45, 2.75) is 57.5 Å². The van der Waals surface area contributed by atoms with Crippen LogP contribution >= 0.6 is 0 Å². The normalized spacial score (nSPS) is 20.3. The molecule has 2 fully saturated rings. The minimum Gasteiger partial charge on any atom is -0.444 e. The Labute approximate surface area is 210 Å². The number of carbonyl (C=O) groups is 2. The Kier molecular flexibility index (Phi) is 7.08. The Morgan fingerprint density at radius 3 is 2.00 bits per heavy atom. The molecule has 0 aliphatic carbocycles. The zero-order valence-corrected chi connectivity index (χ0v) is 21.0. The van der Waals surface area contributed by atoms with Crippen LogP contribution in [0, 0.1) is 11.2 Å². The average Bonchev–Trinajstić information content (AvgIpc) is 2.84. The number of rotatable bonds is 3. The Hall–Kier alpha value is -3.03. The summed E-state index contributed by atoms with van der Waals surface area (Å²) in [5, 5.41) is 0. The van der Waals surface area contributed by atoms with Crippen molar-refractivity contribution in [3.8, 4) is 0 Å². The quantitative estimate of drug-likeness (QED) is 0.521. The Morgan fingerprint density at radius 1 is 0.889 bits per heavy atom. The number of hydrogen-bond donors (Lipinski definition) is 0. The molecule has 0 N–H and O–H groups in total. The second kappa shape index (κ2) is 9.79. The van der Waals surface area contributed by atoms with Gasteiger partial charge in [-0.15, -0.1) is 0 Å². The third-order valence-corrected chi connectivity index (χ3v) is 7.40. The second-order valence-electron chi connectivity index (χ2n) is 10.9. The van der Waals surface area contributed by atoms with Gasteiger partial charge < -0.3 is 14.5 Å². The summed E-state index contributed by atoms with van der Waals surface area (Å²) >= 11 is 0. The molecule has 0 unspecified atom stereocenters. The minimum absolute atomic E-state index is 0.133. The van der Waals surface area contributed by atoms with Crippen LogP contribution < -0.4 is 0 Å². The van der Waals surface area contributed by atoms with E-state index in [9.17, 15) is 22.8 Å². The van der Waals surface area contributed by atoms with Crippen molar-refractivity contribution < 1.29 is 27.5 Å². The van der Waals surface area contributed by atoms with E-state index >= 15 is 0 Å². The molecule has 36 heavy (non-hydrogen) atoms. The fourth-order valence-electron chi connectivity index (χ4n) is 5.41. The van der Waals surface area contributed by atoms with Gasteiger partial charge in [-0.2, -0.15) is 8.78 Å². The highest BCUT2D eigenvalue weighted by Crippen LogP contribution is 2.50. The molecule has 2 saturated heterocycles. The van der Waals surface area contributed by atoms with Gasteiger partial charge in [-0.3, -0.25) is 4.79 Å². The summed E-state index contributed by atoms with van der Waals surface area (Å²) in [5.74, 6) is -5.27. The van der Waals surface area contributed by atoms with Crippen LogP contribution in [0.4, 0.5) is 18.0 Å². The molecule has 2 aliphatic heterocycles. The van der Waals surface area contributed by atoms with E-state index in [4.69, 9.17) is 4.74 Å². The van der Waals surface area contributed by atoms with Gasteiger partial charge in [-0.25, -0.2) is 9.18 Å². The van der Waals surface area contributed by atoms with Gasteiger partial charge in [0.1, 0.15) is 11.4 Å². The number of ether oxygens (including phenoxy) is 1. The van der Waals surface area contributed by atoms with Gasteiger partial charge >= 0.3 is 12.0 Å². The van der Waals surface area contributed by atoms with Crippen LogP contribution in [0.3, 0.4) is 0 Å². The highest BCUT2D eigenvalue weighted by molar-refractivity contribution is 5.85. The number of piperidine rings is 2. The number of likely N-dealkylation sites (tertiary alicyclic amines) is 2. The lowest BCUT2D eigenvalue weighted by Gasteiger charge is -2.52. The average molecular weight is 503 g/mol. The number of carbonyl (C=O) groups excluding carboxylic acids is 2. The lowest BCUT2D eigenvalue weighted by molar-refractivity contribution is -0.162. The van der Waals surface area contributed by atoms with Crippen molar-refractivity contribution in [3.63, 3.8) is 0 Å².